The van der Waals surface area contributed by atoms with E-state index in [4.69, 9.17) is 0 Å². The highest BCUT2D eigenvalue weighted by Crippen LogP contribution is 2.23. The van der Waals surface area contributed by atoms with E-state index >= 15 is 0 Å². The third-order valence-electron chi connectivity index (χ3n) is 2.27. The fourth-order valence-electron chi connectivity index (χ4n) is 1.65. The van der Waals surface area contributed by atoms with Gasteiger partial charge in [-0.15, -0.1) is 0 Å². The van der Waals surface area contributed by atoms with Crippen LogP contribution in [0, 0.1) is 5.92 Å². The maximum absolute atomic E-state index is 11.7. The monoisotopic (exact) mass is 192 g/mol. The van der Waals surface area contributed by atoms with Gasteiger partial charge in [-0.1, -0.05) is 0 Å². The molecule has 1 aliphatic heterocycles. The van der Waals surface area contributed by atoms with Gasteiger partial charge in [-0.25, -0.2) is 0 Å². The normalized spacial score (nSPS) is 28.5. The first-order valence-corrected chi connectivity index (χ1v) is 4.26. The molecule has 1 rings (SSSR count). The van der Waals surface area contributed by atoms with Crippen molar-refractivity contribution in [3.63, 3.8) is 0 Å². The number of hydrogen-bond donors (Lipinski definition) is 0. The summed E-state index contributed by atoms with van der Waals surface area (Å²) in [6, 6.07) is 0.281. The molecule has 1 heterocycles. The van der Waals surface area contributed by atoms with Gasteiger partial charge in [0, 0.05) is 25.2 Å². The molecule has 0 aromatic carbocycles. The first kappa shape index (κ1) is 10.4. The molecular weight excluding hydrogens is 178 g/mol. The summed E-state index contributed by atoms with van der Waals surface area (Å²) in [7, 11) is 0. The number of rotatable bonds is 4. The van der Waals surface area contributed by atoms with Crippen LogP contribution in [0.5, 0.6) is 0 Å². The molecule has 0 spiro atoms. The topological polar surface area (TPSA) is 24.8 Å². The van der Waals surface area contributed by atoms with Crippen LogP contribution in [0.25, 0.3) is 0 Å². The first-order chi connectivity index (χ1) is 6.13. The molecule has 5 heteroatoms. The van der Waals surface area contributed by atoms with E-state index in [0.29, 0.717) is 6.54 Å². The van der Waals surface area contributed by atoms with Crippen molar-refractivity contribution in [2.75, 3.05) is 13.2 Å². The van der Waals surface area contributed by atoms with Gasteiger partial charge >= 0.3 is 6.61 Å². The lowest BCUT2D eigenvalue weighted by Crippen LogP contribution is -2.21. The summed E-state index contributed by atoms with van der Waals surface area (Å²) in [5.41, 5.74) is 0. The predicted octanol–water partition coefficient (Wildman–Crippen LogP) is 1.55. The minimum atomic E-state index is -2.67. The molecular formula is C8H14F2N2O. The van der Waals surface area contributed by atoms with Crippen molar-refractivity contribution in [2.45, 2.75) is 26.0 Å². The molecule has 2 atom stereocenters. The molecule has 0 amide bonds. The minimum Gasteiger partial charge on any atom is -0.323 e. The van der Waals surface area contributed by atoms with E-state index in [-0.39, 0.29) is 18.6 Å². The van der Waals surface area contributed by atoms with E-state index in [9.17, 15) is 8.78 Å². The van der Waals surface area contributed by atoms with Crippen LogP contribution >= 0.6 is 0 Å². The fourth-order valence-corrected chi connectivity index (χ4v) is 1.65. The molecule has 13 heavy (non-hydrogen) atoms. The predicted molar refractivity (Wildman–Crippen MR) is 45.8 cm³/mol. The van der Waals surface area contributed by atoms with Crippen molar-refractivity contribution in [3.05, 3.63) is 0 Å². The number of hydrazone groups is 1. The van der Waals surface area contributed by atoms with Crippen LogP contribution in [-0.2, 0) is 4.74 Å². The van der Waals surface area contributed by atoms with Gasteiger partial charge in [-0.3, -0.25) is 5.01 Å². The highest BCUT2D eigenvalue weighted by atomic mass is 19.3. The van der Waals surface area contributed by atoms with Crippen molar-refractivity contribution in [2.24, 2.45) is 11.0 Å². The van der Waals surface area contributed by atoms with Crippen molar-refractivity contribution in [1.82, 2.24) is 5.01 Å². The largest absolute Gasteiger partial charge is 0.345 e. The Hall–Kier alpha value is -0.710. The molecule has 1 aliphatic rings. The van der Waals surface area contributed by atoms with Crippen LogP contribution in [0.2, 0.25) is 0 Å². The molecule has 76 valence electrons. The Morgan fingerprint density at radius 2 is 2.38 bits per heavy atom. The molecule has 0 bridgehead atoms. The second-order valence-corrected chi connectivity index (χ2v) is 3.31. The maximum Gasteiger partial charge on any atom is 0.345 e. The van der Waals surface area contributed by atoms with Crippen LogP contribution < -0.4 is 0 Å². The van der Waals surface area contributed by atoms with Gasteiger partial charge in [-0.05, 0) is 13.3 Å². The van der Waals surface area contributed by atoms with E-state index in [1.54, 1.807) is 5.01 Å². The average Bonchev–Trinajstić information content (AvgIpc) is 2.43. The van der Waals surface area contributed by atoms with E-state index < -0.39 is 6.61 Å². The number of ether oxygens (including phenoxy) is 1. The lowest BCUT2D eigenvalue weighted by Gasteiger charge is -2.15. The molecule has 0 radical (unpaired) electrons. The van der Waals surface area contributed by atoms with E-state index in [2.05, 4.69) is 16.6 Å². The summed E-state index contributed by atoms with van der Waals surface area (Å²) in [5.74, 6) is 0.148. The summed E-state index contributed by atoms with van der Waals surface area (Å²) < 4.78 is 27.6. The summed E-state index contributed by atoms with van der Waals surface area (Å²) in [6.45, 7) is 3.51. The SMILES string of the molecule is C=NN1CC(COC(F)F)C[C@H]1C. The molecule has 0 N–H and O–H groups in total. The lowest BCUT2D eigenvalue weighted by atomic mass is 10.1. The average molecular weight is 192 g/mol. The summed E-state index contributed by atoms with van der Waals surface area (Å²) in [6.07, 6.45) is 0.839. The van der Waals surface area contributed by atoms with Gasteiger partial charge in [0.25, 0.3) is 0 Å². The molecule has 1 fully saturated rings. The van der Waals surface area contributed by atoms with Crippen LogP contribution in [0.15, 0.2) is 5.10 Å². The number of nitrogens with zero attached hydrogens (tertiary/aromatic N) is 2. The Bertz CT molecular complexity index is 178. The molecule has 0 aromatic heterocycles. The van der Waals surface area contributed by atoms with Gasteiger partial charge in [0.05, 0.1) is 6.61 Å². The van der Waals surface area contributed by atoms with E-state index in [0.717, 1.165) is 6.42 Å². The molecule has 1 unspecified atom stereocenters. The second-order valence-electron chi connectivity index (χ2n) is 3.31. The Balaban J connectivity index is 2.27. The van der Waals surface area contributed by atoms with Gasteiger partial charge < -0.3 is 4.74 Å². The number of halogens is 2. The molecule has 0 aliphatic carbocycles. The van der Waals surface area contributed by atoms with Crippen molar-refractivity contribution >= 4 is 6.72 Å². The highest BCUT2D eigenvalue weighted by Gasteiger charge is 2.28. The fraction of sp³-hybridized carbons (Fsp3) is 0.875. The second kappa shape index (κ2) is 4.50. The Morgan fingerprint density at radius 1 is 1.69 bits per heavy atom. The van der Waals surface area contributed by atoms with Crippen LogP contribution in [0.1, 0.15) is 13.3 Å². The van der Waals surface area contributed by atoms with E-state index in [1.807, 2.05) is 6.92 Å². The molecule has 1 saturated heterocycles. The number of hydrogen-bond acceptors (Lipinski definition) is 3. The zero-order valence-corrected chi connectivity index (χ0v) is 7.62. The zero-order valence-electron chi connectivity index (χ0n) is 7.62. The van der Waals surface area contributed by atoms with Gasteiger partial charge in [-0.2, -0.15) is 13.9 Å². The Morgan fingerprint density at radius 3 is 2.85 bits per heavy atom. The van der Waals surface area contributed by atoms with Crippen molar-refractivity contribution < 1.29 is 13.5 Å². The standard InChI is InChI=1S/C8H14F2N2O/c1-6-3-7(4-12(6)11-2)5-13-8(9)10/h6-8H,2-5H2,1H3/t6-,7?/m1/s1. The molecule has 0 aromatic rings. The van der Waals surface area contributed by atoms with Crippen LogP contribution in [0.3, 0.4) is 0 Å². The minimum absolute atomic E-state index is 0.105. The Kier molecular flexibility index (Phi) is 3.59. The van der Waals surface area contributed by atoms with Crippen LogP contribution in [0.4, 0.5) is 8.78 Å². The van der Waals surface area contributed by atoms with E-state index in [1.165, 1.54) is 0 Å². The van der Waals surface area contributed by atoms with Gasteiger partial charge in [0.1, 0.15) is 0 Å². The van der Waals surface area contributed by atoms with Crippen molar-refractivity contribution in [3.8, 4) is 0 Å². The maximum atomic E-state index is 11.7. The van der Waals surface area contributed by atoms with Gasteiger partial charge in [0.2, 0.25) is 0 Å². The number of alkyl halides is 2. The Labute approximate surface area is 76.4 Å². The highest BCUT2D eigenvalue weighted by molar-refractivity contribution is 5.22. The quantitative estimate of drug-likeness (QED) is 0.631. The third-order valence-corrected chi connectivity index (χ3v) is 2.27. The summed E-state index contributed by atoms with van der Waals surface area (Å²) >= 11 is 0. The summed E-state index contributed by atoms with van der Waals surface area (Å²) in [4.78, 5) is 0. The summed E-state index contributed by atoms with van der Waals surface area (Å²) in [5, 5.41) is 5.59. The third kappa shape index (κ3) is 2.91. The molecule has 0 saturated carbocycles. The lowest BCUT2D eigenvalue weighted by molar-refractivity contribution is -0.137. The van der Waals surface area contributed by atoms with Gasteiger partial charge in [0.15, 0.2) is 0 Å². The van der Waals surface area contributed by atoms with Crippen molar-refractivity contribution in [1.29, 1.82) is 0 Å². The smallest absolute Gasteiger partial charge is 0.323 e. The first-order valence-electron chi connectivity index (χ1n) is 4.26. The molecule has 3 nitrogen and oxygen atoms in total. The zero-order chi connectivity index (χ0) is 9.84. The van der Waals surface area contributed by atoms with Crippen LogP contribution in [-0.4, -0.2) is 37.5 Å².